The first-order valence-corrected chi connectivity index (χ1v) is 16.1. The maximum absolute atomic E-state index is 13.0. The van der Waals surface area contributed by atoms with Gasteiger partial charge in [0.15, 0.2) is 11.5 Å². The summed E-state index contributed by atoms with van der Waals surface area (Å²) in [5.41, 5.74) is 5.96. The SMILES string of the molecule is C=C(COC)C(=O)Oc1ccc(-c2ccc(OC(=O)C(C)COC)c(OC(=O)/C=C/c3ccc(-c4ccc(CCCC)cc4)cc3)c2)cc1. The van der Waals surface area contributed by atoms with E-state index in [1.807, 2.05) is 24.3 Å². The number of hydrogen-bond donors (Lipinski definition) is 0. The van der Waals surface area contributed by atoms with Gasteiger partial charge in [0, 0.05) is 20.3 Å². The average molecular weight is 663 g/mol. The quantitative estimate of drug-likeness (QED) is 0.0672. The van der Waals surface area contributed by atoms with Gasteiger partial charge in [0.05, 0.1) is 24.7 Å². The van der Waals surface area contributed by atoms with Crippen molar-refractivity contribution in [3.05, 3.63) is 120 Å². The molecule has 0 N–H and O–H groups in total. The lowest BCUT2D eigenvalue weighted by atomic mass is 10.0. The average Bonchev–Trinajstić information content (AvgIpc) is 3.11. The van der Waals surface area contributed by atoms with Crippen molar-refractivity contribution < 1.29 is 38.1 Å². The Morgan fingerprint density at radius 1 is 0.735 bits per heavy atom. The fraction of sp³-hybridized carbons (Fsp3) is 0.244. The Labute approximate surface area is 287 Å². The number of esters is 3. The Balaban J connectivity index is 1.49. The lowest BCUT2D eigenvalue weighted by molar-refractivity contribution is -0.140. The Hall–Kier alpha value is -5.31. The third kappa shape index (κ3) is 10.9. The van der Waals surface area contributed by atoms with Crippen LogP contribution in [0.15, 0.2) is 109 Å². The van der Waals surface area contributed by atoms with Crippen molar-refractivity contribution in [1.82, 2.24) is 0 Å². The summed E-state index contributed by atoms with van der Waals surface area (Å²) < 4.78 is 26.7. The first-order valence-electron chi connectivity index (χ1n) is 16.1. The van der Waals surface area contributed by atoms with E-state index in [1.54, 1.807) is 55.5 Å². The van der Waals surface area contributed by atoms with Gasteiger partial charge in [-0.15, -0.1) is 0 Å². The van der Waals surface area contributed by atoms with E-state index in [1.165, 1.54) is 38.7 Å². The number of ether oxygens (including phenoxy) is 5. The molecule has 1 atom stereocenters. The summed E-state index contributed by atoms with van der Waals surface area (Å²) in [4.78, 5) is 37.9. The highest BCUT2D eigenvalue weighted by molar-refractivity contribution is 5.90. The molecule has 0 radical (unpaired) electrons. The van der Waals surface area contributed by atoms with E-state index in [4.69, 9.17) is 23.7 Å². The van der Waals surface area contributed by atoms with E-state index in [0.29, 0.717) is 11.3 Å². The highest BCUT2D eigenvalue weighted by Gasteiger charge is 2.19. The van der Waals surface area contributed by atoms with Gasteiger partial charge in [-0.1, -0.05) is 86.7 Å². The Bertz CT molecular complexity index is 1750. The van der Waals surface area contributed by atoms with Crippen molar-refractivity contribution in [3.63, 3.8) is 0 Å². The van der Waals surface area contributed by atoms with Crippen molar-refractivity contribution in [2.75, 3.05) is 27.4 Å². The summed E-state index contributed by atoms with van der Waals surface area (Å²) >= 11 is 0. The monoisotopic (exact) mass is 662 g/mol. The van der Waals surface area contributed by atoms with Crippen LogP contribution < -0.4 is 14.2 Å². The molecule has 0 saturated carbocycles. The van der Waals surface area contributed by atoms with Crippen LogP contribution in [0.5, 0.6) is 17.2 Å². The number of methoxy groups -OCH3 is 2. The van der Waals surface area contributed by atoms with Gasteiger partial charge in [0.1, 0.15) is 5.75 Å². The van der Waals surface area contributed by atoms with E-state index in [2.05, 4.69) is 37.8 Å². The van der Waals surface area contributed by atoms with Crippen molar-refractivity contribution in [2.45, 2.75) is 33.1 Å². The molecule has 0 heterocycles. The second-order valence-corrected chi connectivity index (χ2v) is 11.6. The summed E-state index contributed by atoms with van der Waals surface area (Å²) in [5.74, 6) is -1.82. The van der Waals surface area contributed by atoms with Gasteiger partial charge < -0.3 is 23.7 Å². The number of benzene rings is 4. The number of carbonyl (C=O) groups excluding carboxylic acids is 3. The Kier molecular flexibility index (Phi) is 13.6. The predicted octanol–water partition coefficient (Wildman–Crippen LogP) is 8.28. The molecule has 0 saturated heterocycles. The molecule has 1 unspecified atom stereocenters. The van der Waals surface area contributed by atoms with Crippen molar-refractivity contribution in [3.8, 4) is 39.5 Å². The fourth-order valence-corrected chi connectivity index (χ4v) is 4.84. The molecule has 0 spiro atoms. The molecule has 0 aliphatic heterocycles. The number of carbonyl (C=O) groups is 3. The molecule has 254 valence electrons. The molecule has 0 aromatic heterocycles. The third-order valence-electron chi connectivity index (χ3n) is 7.62. The second kappa shape index (κ2) is 18.3. The molecule has 8 heteroatoms. The molecule has 0 bridgehead atoms. The van der Waals surface area contributed by atoms with Crippen LogP contribution >= 0.6 is 0 Å². The highest BCUT2D eigenvalue weighted by Crippen LogP contribution is 2.34. The Morgan fingerprint density at radius 2 is 1.35 bits per heavy atom. The molecular formula is C41H42O8. The van der Waals surface area contributed by atoms with Crippen molar-refractivity contribution in [1.29, 1.82) is 0 Å². The van der Waals surface area contributed by atoms with Crippen LogP contribution in [0, 0.1) is 5.92 Å². The standard InChI is InChI=1S/C41H42O8/c1-6-7-8-30-9-14-32(15-10-30)33-16-11-31(12-17-33)13-24-39(42)48-38-25-35(20-23-37(38)49-41(44)29(3)27-46-5)34-18-21-36(22-19-34)47-40(43)28(2)26-45-4/h9-25,29H,2,6-8,26-27H2,1,3-5H3/b24-13+. The Morgan fingerprint density at radius 3 is 1.98 bits per heavy atom. The van der Waals surface area contributed by atoms with Gasteiger partial charge in [-0.3, -0.25) is 4.79 Å². The topological polar surface area (TPSA) is 97.4 Å². The number of rotatable bonds is 16. The number of hydrogen-bond acceptors (Lipinski definition) is 8. The summed E-state index contributed by atoms with van der Waals surface area (Å²) in [6.45, 7) is 7.77. The lowest BCUT2D eigenvalue weighted by Gasteiger charge is -2.14. The molecule has 0 aliphatic rings. The maximum atomic E-state index is 13.0. The lowest BCUT2D eigenvalue weighted by Crippen LogP contribution is -2.22. The third-order valence-corrected chi connectivity index (χ3v) is 7.62. The van der Waals surface area contributed by atoms with Crippen LogP contribution in [0.25, 0.3) is 28.3 Å². The van der Waals surface area contributed by atoms with Gasteiger partial charge in [-0.25, -0.2) is 9.59 Å². The molecule has 49 heavy (non-hydrogen) atoms. The van der Waals surface area contributed by atoms with Gasteiger partial charge in [0.25, 0.3) is 0 Å². The molecule has 8 nitrogen and oxygen atoms in total. The number of aryl methyl sites for hydroxylation is 1. The fourth-order valence-electron chi connectivity index (χ4n) is 4.84. The van der Waals surface area contributed by atoms with E-state index < -0.39 is 23.8 Å². The zero-order valence-electron chi connectivity index (χ0n) is 28.4. The molecule has 0 fully saturated rings. The van der Waals surface area contributed by atoms with E-state index in [0.717, 1.165) is 28.7 Å². The summed E-state index contributed by atoms with van der Waals surface area (Å²) in [7, 11) is 2.97. The van der Waals surface area contributed by atoms with Crippen LogP contribution in [-0.2, 0) is 30.3 Å². The molecule has 0 amide bonds. The maximum Gasteiger partial charge on any atom is 0.341 e. The zero-order valence-corrected chi connectivity index (χ0v) is 28.4. The van der Waals surface area contributed by atoms with Crippen molar-refractivity contribution >= 4 is 24.0 Å². The van der Waals surface area contributed by atoms with Crippen LogP contribution in [0.4, 0.5) is 0 Å². The first kappa shape index (κ1) is 36.5. The van der Waals surface area contributed by atoms with Crippen LogP contribution in [0.2, 0.25) is 0 Å². The molecular weight excluding hydrogens is 620 g/mol. The minimum absolute atomic E-state index is 0.0641. The first-order chi connectivity index (χ1) is 23.7. The van der Waals surface area contributed by atoms with E-state index >= 15 is 0 Å². The van der Waals surface area contributed by atoms with Gasteiger partial charge >= 0.3 is 17.9 Å². The predicted molar refractivity (Wildman–Crippen MR) is 190 cm³/mol. The normalized spacial score (nSPS) is 11.6. The minimum atomic E-state index is -0.648. The van der Waals surface area contributed by atoms with Gasteiger partial charge in [-0.2, -0.15) is 0 Å². The van der Waals surface area contributed by atoms with Crippen LogP contribution in [-0.4, -0.2) is 45.3 Å². The van der Waals surface area contributed by atoms with Crippen molar-refractivity contribution in [2.24, 2.45) is 5.92 Å². The smallest absolute Gasteiger partial charge is 0.341 e. The zero-order chi connectivity index (χ0) is 35.2. The summed E-state index contributed by atoms with van der Waals surface area (Å²) in [5, 5.41) is 0. The van der Waals surface area contributed by atoms with Gasteiger partial charge in [0.2, 0.25) is 0 Å². The second-order valence-electron chi connectivity index (χ2n) is 11.6. The molecule has 4 aromatic rings. The molecule has 4 aromatic carbocycles. The van der Waals surface area contributed by atoms with Crippen LogP contribution in [0.1, 0.15) is 37.8 Å². The largest absolute Gasteiger partial charge is 0.423 e. The molecule has 4 rings (SSSR count). The molecule has 0 aliphatic carbocycles. The van der Waals surface area contributed by atoms with E-state index in [9.17, 15) is 14.4 Å². The summed E-state index contributed by atoms with van der Waals surface area (Å²) in [6.07, 6.45) is 6.41. The van der Waals surface area contributed by atoms with E-state index in [-0.39, 0.29) is 30.3 Å². The summed E-state index contributed by atoms with van der Waals surface area (Å²) in [6, 6.07) is 28.2. The van der Waals surface area contributed by atoms with Crippen LogP contribution in [0.3, 0.4) is 0 Å². The minimum Gasteiger partial charge on any atom is -0.423 e. The highest BCUT2D eigenvalue weighted by atomic mass is 16.6. The van der Waals surface area contributed by atoms with Gasteiger partial charge in [-0.05, 0) is 83.5 Å². The number of unbranched alkanes of at least 4 members (excludes halogenated alkanes) is 1.